The van der Waals surface area contributed by atoms with Gasteiger partial charge in [-0.1, -0.05) is 24.3 Å². The molecule has 1 N–H and O–H groups in total. The molecule has 1 aliphatic heterocycles. The molecule has 158 valence electrons. The summed E-state index contributed by atoms with van der Waals surface area (Å²) in [7, 11) is 0. The van der Waals surface area contributed by atoms with E-state index in [0.29, 0.717) is 24.5 Å². The van der Waals surface area contributed by atoms with Crippen LogP contribution < -0.4 is 4.90 Å². The number of hydrogen-bond acceptors (Lipinski definition) is 6. The van der Waals surface area contributed by atoms with Gasteiger partial charge in [0, 0.05) is 31.8 Å². The smallest absolute Gasteiger partial charge is 0.391 e. The van der Waals surface area contributed by atoms with Gasteiger partial charge in [0.1, 0.15) is 11.9 Å². The molecular weight excluding hydrogens is 397 g/mol. The molecule has 3 rings (SSSR count). The zero-order valence-corrected chi connectivity index (χ0v) is 16.3. The lowest BCUT2D eigenvalue weighted by molar-refractivity contribution is -0.146. The van der Waals surface area contributed by atoms with Crippen LogP contribution in [0.25, 0.3) is 0 Å². The van der Waals surface area contributed by atoms with Gasteiger partial charge in [-0.25, -0.2) is 0 Å². The Bertz CT molecular complexity index is 923. The van der Waals surface area contributed by atoms with Crippen LogP contribution in [0.15, 0.2) is 36.4 Å². The van der Waals surface area contributed by atoms with Crippen molar-refractivity contribution in [3.05, 3.63) is 53.2 Å². The first-order valence-corrected chi connectivity index (χ1v) is 9.51. The standard InChI is InChI=1S/C21H21F3N4O2/c1-13(21(22,23)24)15-4-2-14(3-5-15)8-18(29)9-16-11-28(12-19(16)30)20-7-6-17(10-25)26-27-20/h2-7,13,16,19,30H,8-9,11-12H2,1H3/t13?,16?,19-/m1/s1. The minimum absolute atomic E-state index is 0.0940. The zero-order valence-electron chi connectivity index (χ0n) is 16.3. The number of benzene rings is 1. The second-order valence-electron chi connectivity index (χ2n) is 7.55. The highest BCUT2D eigenvalue weighted by atomic mass is 19.4. The lowest BCUT2D eigenvalue weighted by atomic mass is 9.94. The van der Waals surface area contributed by atoms with E-state index in [1.54, 1.807) is 18.2 Å². The first kappa shape index (κ1) is 21.7. The summed E-state index contributed by atoms with van der Waals surface area (Å²) in [4.78, 5) is 14.3. The van der Waals surface area contributed by atoms with E-state index >= 15 is 0 Å². The molecule has 1 aromatic carbocycles. The third kappa shape index (κ3) is 5.13. The van der Waals surface area contributed by atoms with Crippen molar-refractivity contribution in [2.75, 3.05) is 18.0 Å². The summed E-state index contributed by atoms with van der Waals surface area (Å²) in [5.41, 5.74) is 0.991. The molecule has 1 aromatic heterocycles. The Morgan fingerprint density at radius 2 is 1.93 bits per heavy atom. The first-order valence-electron chi connectivity index (χ1n) is 9.51. The second kappa shape index (κ2) is 8.79. The third-order valence-corrected chi connectivity index (χ3v) is 5.36. The predicted molar refractivity (Wildman–Crippen MR) is 103 cm³/mol. The Morgan fingerprint density at radius 3 is 2.50 bits per heavy atom. The van der Waals surface area contributed by atoms with Crippen molar-refractivity contribution < 1.29 is 23.1 Å². The summed E-state index contributed by atoms with van der Waals surface area (Å²) in [6.45, 7) is 1.84. The van der Waals surface area contributed by atoms with Crippen LogP contribution in [-0.2, 0) is 11.2 Å². The van der Waals surface area contributed by atoms with E-state index in [1.807, 2.05) is 11.0 Å². The molecule has 0 radical (unpaired) electrons. The van der Waals surface area contributed by atoms with Gasteiger partial charge in [-0.2, -0.15) is 18.4 Å². The van der Waals surface area contributed by atoms with Gasteiger partial charge in [-0.05, 0) is 30.2 Å². The number of carbonyl (C=O) groups is 1. The van der Waals surface area contributed by atoms with E-state index in [0.717, 1.165) is 6.92 Å². The fourth-order valence-corrected chi connectivity index (χ4v) is 3.50. The van der Waals surface area contributed by atoms with Crippen LogP contribution in [0.4, 0.5) is 19.0 Å². The largest absolute Gasteiger partial charge is 0.395 e. The third-order valence-electron chi connectivity index (χ3n) is 5.36. The van der Waals surface area contributed by atoms with Gasteiger partial charge in [0.25, 0.3) is 0 Å². The van der Waals surface area contributed by atoms with Gasteiger partial charge in [-0.15, -0.1) is 10.2 Å². The molecule has 2 heterocycles. The number of aliphatic hydroxyl groups is 1. The van der Waals surface area contributed by atoms with Gasteiger partial charge in [0.15, 0.2) is 11.5 Å². The summed E-state index contributed by atoms with van der Waals surface area (Å²) in [5, 5.41) is 26.8. The van der Waals surface area contributed by atoms with Crippen LogP contribution in [0.1, 0.15) is 36.1 Å². The molecular formula is C21H21F3N4O2. The Labute approximate surface area is 172 Å². The maximum atomic E-state index is 12.8. The number of nitriles is 1. The number of aliphatic hydroxyl groups excluding tert-OH is 1. The summed E-state index contributed by atoms with van der Waals surface area (Å²) < 4.78 is 38.4. The second-order valence-corrected chi connectivity index (χ2v) is 7.55. The van der Waals surface area contributed by atoms with Crippen LogP contribution >= 0.6 is 0 Å². The number of halogens is 3. The molecule has 1 fully saturated rings. The number of β-amino-alcohol motifs (C(OH)–C–C–N with tert-alkyl or cyclic N) is 1. The number of alkyl halides is 3. The highest BCUT2D eigenvalue weighted by Gasteiger charge is 2.37. The van der Waals surface area contributed by atoms with Crippen molar-refractivity contribution in [2.45, 2.75) is 38.0 Å². The van der Waals surface area contributed by atoms with Crippen molar-refractivity contribution in [2.24, 2.45) is 5.92 Å². The molecule has 9 heteroatoms. The van der Waals surface area contributed by atoms with Crippen molar-refractivity contribution >= 4 is 11.6 Å². The first-order chi connectivity index (χ1) is 14.2. The normalized spacial score (nSPS) is 20.1. The van der Waals surface area contributed by atoms with E-state index in [1.165, 1.54) is 18.2 Å². The maximum absolute atomic E-state index is 12.8. The zero-order chi connectivity index (χ0) is 21.9. The molecule has 2 unspecified atom stereocenters. The summed E-state index contributed by atoms with van der Waals surface area (Å²) >= 11 is 0. The number of hydrogen-bond donors (Lipinski definition) is 1. The van der Waals surface area contributed by atoms with Crippen LogP contribution in [0, 0.1) is 17.2 Å². The minimum atomic E-state index is -4.30. The number of Topliss-reactive ketones (excluding diaryl/α,β-unsaturated/α-hetero) is 1. The van der Waals surface area contributed by atoms with Crippen molar-refractivity contribution in [3.8, 4) is 6.07 Å². The SMILES string of the molecule is CC(c1ccc(CC(=O)CC2CN(c3ccc(C#N)nn3)C[C@H]2O)cc1)C(F)(F)F. The van der Waals surface area contributed by atoms with Gasteiger partial charge < -0.3 is 10.0 Å². The van der Waals surface area contributed by atoms with E-state index in [9.17, 15) is 23.1 Å². The monoisotopic (exact) mass is 418 g/mol. The summed E-state index contributed by atoms with van der Waals surface area (Å²) in [6, 6.07) is 10.9. The molecule has 0 amide bonds. The number of nitrogens with zero attached hydrogens (tertiary/aromatic N) is 4. The lowest BCUT2D eigenvalue weighted by Gasteiger charge is -2.16. The van der Waals surface area contributed by atoms with E-state index in [-0.39, 0.29) is 35.8 Å². The maximum Gasteiger partial charge on any atom is 0.395 e. The highest BCUT2D eigenvalue weighted by Crippen LogP contribution is 2.34. The van der Waals surface area contributed by atoms with E-state index < -0.39 is 18.2 Å². The number of anilines is 1. The number of aromatic nitrogens is 2. The molecule has 2 aromatic rings. The average molecular weight is 418 g/mol. The fraction of sp³-hybridized carbons (Fsp3) is 0.429. The van der Waals surface area contributed by atoms with Crippen molar-refractivity contribution in [1.29, 1.82) is 5.26 Å². The van der Waals surface area contributed by atoms with E-state index in [4.69, 9.17) is 5.26 Å². The Morgan fingerprint density at radius 1 is 1.23 bits per heavy atom. The molecule has 0 saturated carbocycles. The molecule has 0 bridgehead atoms. The van der Waals surface area contributed by atoms with Crippen LogP contribution in [0.5, 0.6) is 0 Å². The molecule has 3 atom stereocenters. The summed E-state index contributed by atoms with van der Waals surface area (Å²) in [6.07, 6.45) is -4.76. The van der Waals surface area contributed by atoms with Gasteiger partial charge in [0.2, 0.25) is 0 Å². The quantitative estimate of drug-likeness (QED) is 0.776. The van der Waals surface area contributed by atoms with Crippen LogP contribution in [0.2, 0.25) is 0 Å². The Hall–Kier alpha value is -2.99. The summed E-state index contributed by atoms with van der Waals surface area (Å²) in [5.74, 6) is -1.41. The van der Waals surface area contributed by atoms with Crippen molar-refractivity contribution in [1.82, 2.24) is 10.2 Å². The van der Waals surface area contributed by atoms with Gasteiger partial charge in [-0.3, -0.25) is 4.79 Å². The fourth-order valence-electron chi connectivity index (χ4n) is 3.50. The molecule has 0 aliphatic carbocycles. The highest BCUT2D eigenvalue weighted by molar-refractivity contribution is 5.81. The average Bonchev–Trinajstić information content (AvgIpc) is 3.07. The van der Waals surface area contributed by atoms with Crippen LogP contribution in [-0.4, -0.2) is 46.5 Å². The molecule has 1 aliphatic rings. The molecule has 6 nitrogen and oxygen atoms in total. The molecule has 30 heavy (non-hydrogen) atoms. The van der Waals surface area contributed by atoms with E-state index in [2.05, 4.69) is 10.2 Å². The number of ketones is 1. The molecule has 1 saturated heterocycles. The Kier molecular flexibility index (Phi) is 6.37. The Balaban J connectivity index is 1.56. The lowest BCUT2D eigenvalue weighted by Crippen LogP contribution is -2.22. The predicted octanol–water partition coefficient (Wildman–Crippen LogP) is 3.01. The molecule has 0 spiro atoms. The number of carbonyl (C=O) groups excluding carboxylic acids is 1. The van der Waals surface area contributed by atoms with Gasteiger partial charge >= 0.3 is 6.18 Å². The number of rotatable bonds is 6. The topological polar surface area (TPSA) is 90.1 Å². The van der Waals surface area contributed by atoms with Crippen LogP contribution in [0.3, 0.4) is 0 Å². The van der Waals surface area contributed by atoms with Crippen molar-refractivity contribution in [3.63, 3.8) is 0 Å². The van der Waals surface area contributed by atoms with Gasteiger partial charge in [0.05, 0.1) is 12.0 Å². The minimum Gasteiger partial charge on any atom is -0.391 e.